The standard InChI is InChI=1S/C26H25Cl2IN2O3/c1-4-33-24-11-19(14-30-31-25(32)12-18-6-5-16(2)17(3)9-18)10-23(29)26(24)34-15-20-7-8-21(27)13-22(20)28/h5-11,13-14H,4,12,15H2,1-3H3,(H,31,32)/b30-14-. The van der Waals surface area contributed by atoms with Crippen LogP contribution in [0.25, 0.3) is 0 Å². The molecule has 5 nitrogen and oxygen atoms in total. The molecular formula is C26H25Cl2IN2O3. The maximum Gasteiger partial charge on any atom is 0.244 e. The topological polar surface area (TPSA) is 59.9 Å². The average molecular weight is 611 g/mol. The molecule has 0 aliphatic rings. The Hall–Kier alpha value is -2.29. The van der Waals surface area contributed by atoms with Crippen LogP contribution >= 0.6 is 45.8 Å². The van der Waals surface area contributed by atoms with Crippen molar-refractivity contribution in [3.63, 3.8) is 0 Å². The number of carbonyl (C=O) groups is 1. The summed E-state index contributed by atoms with van der Waals surface area (Å²) in [4.78, 5) is 12.3. The van der Waals surface area contributed by atoms with Gasteiger partial charge in [0.15, 0.2) is 11.5 Å². The molecule has 178 valence electrons. The van der Waals surface area contributed by atoms with Gasteiger partial charge < -0.3 is 9.47 Å². The lowest BCUT2D eigenvalue weighted by Crippen LogP contribution is -2.19. The lowest BCUT2D eigenvalue weighted by Gasteiger charge is -2.15. The third-order valence-corrected chi connectivity index (χ3v) is 6.45. The van der Waals surface area contributed by atoms with Gasteiger partial charge in [-0.1, -0.05) is 47.5 Å². The minimum Gasteiger partial charge on any atom is -0.490 e. The highest BCUT2D eigenvalue weighted by molar-refractivity contribution is 14.1. The van der Waals surface area contributed by atoms with Crippen LogP contribution in [0.1, 0.15) is 34.7 Å². The fourth-order valence-electron chi connectivity index (χ4n) is 3.17. The van der Waals surface area contributed by atoms with Crippen molar-refractivity contribution in [2.24, 2.45) is 5.10 Å². The van der Waals surface area contributed by atoms with Gasteiger partial charge in [0, 0.05) is 15.6 Å². The van der Waals surface area contributed by atoms with Gasteiger partial charge >= 0.3 is 0 Å². The molecule has 0 aromatic heterocycles. The summed E-state index contributed by atoms with van der Waals surface area (Å²) in [6, 6.07) is 15.0. The van der Waals surface area contributed by atoms with Crippen LogP contribution in [-0.2, 0) is 17.8 Å². The number of halogens is 3. The molecular weight excluding hydrogens is 586 g/mol. The van der Waals surface area contributed by atoms with Gasteiger partial charge in [0.25, 0.3) is 0 Å². The molecule has 34 heavy (non-hydrogen) atoms. The highest BCUT2D eigenvalue weighted by Crippen LogP contribution is 2.35. The molecule has 0 radical (unpaired) electrons. The number of hydrazone groups is 1. The first-order valence-electron chi connectivity index (χ1n) is 10.7. The zero-order valence-electron chi connectivity index (χ0n) is 19.1. The Morgan fingerprint density at radius 1 is 1.06 bits per heavy atom. The Bertz CT molecular complexity index is 1210. The van der Waals surface area contributed by atoms with Gasteiger partial charge in [-0.05, 0) is 89.9 Å². The van der Waals surface area contributed by atoms with Crippen LogP contribution in [0.15, 0.2) is 53.6 Å². The summed E-state index contributed by atoms with van der Waals surface area (Å²) in [6.45, 7) is 6.73. The third kappa shape index (κ3) is 7.35. The zero-order chi connectivity index (χ0) is 24.7. The lowest BCUT2D eigenvalue weighted by molar-refractivity contribution is -0.120. The van der Waals surface area contributed by atoms with Crippen molar-refractivity contribution < 1.29 is 14.3 Å². The molecule has 0 bridgehead atoms. The maximum absolute atomic E-state index is 12.3. The van der Waals surface area contributed by atoms with E-state index in [4.69, 9.17) is 32.7 Å². The average Bonchev–Trinajstić information content (AvgIpc) is 2.77. The van der Waals surface area contributed by atoms with E-state index < -0.39 is 0 Å². The first-order valence-corrected chi connectivity index (χ1v) is 12.5. The maximum atomic E-state index is 12.3. The third-order valence-electron chi connectivity index (χ3n) is 5.06. The predicted molar refractivity (Wildman–Crippen MR) is 146 cm³/mol. The summed E-state index contributed by atoms with van der Waals surface area (Å²) in [7, 11) is 0. The van der Waals surface area contributed by atoms with Gasteiger partial charge in [0.1, 0.15) is 6.61 Å². The Kier molecular flexibility index (Phi) is 9.62. The van der Waals surface area contributed by atoms with Crippen molar-refractivity contribution in [1.82, 2.24) is 5.43 Å². The smallest absolute Gasteiger partial charge is 0.244 e. The van der Waals surface area contributed by atoms with Crippen LogP contribution in [0, 0.1) is 17.4 Å². The quantitative estimate of drug-likeness (QED) is 0.163. The number of ether oxygens (including phenoxy) is 2. The number of hydrogen-bond donors (Lipinski definition) is 1. The van der Waals surface area contributed by atoms with Crippen molar-refractivity contribution in [1.29, 1.82) is 0 Å². The van der Waals surface area contributed by atoms with Gasteiger partial charge in [-0.2, -0.15) is 5.10 Å². The summed E-state index contributed by atoms with van der Waals surface area (Å²) >= 11 is 14.4. The van der Waals surface area contributed by atoms with Crippen LogP contribution < -0.4 is 14.9 Å². The van der Waals surface area contributed by atoms with E-state index in [0.29, 0.717) is 28.2 Å². The molecule has 1 N–H and O–H groups in total. The van der Waals surface area contributed by atoms with E-state index in [1.54, 1.807) is 18.3 Å². The Labute approximate surface area is 223 Å². The van der Waals surface area contributed by atoms with Gasteiger partial charge in [-0.15, -0.1) is 0 Å². The Morgan fingerprint density at radius 2 is 1.85 bits per heavy atom. The van der Waals surface area contributed by atoms with E-state index in [2.05, 4.69) is 33.1 Å². The molecule has 0 unspecified atom stereocenters. The number of rotatable bonds is 9. The highest BCUT2D eigenvalue weighted by Gasteiger charge is 2.13. The van der Waals surface area contributed by atoms with Crippen molar-refractivity contribution in [2.45, 2.75) is 33.8 Å². The van der Waals surface area contributed by atoms with E-state index in [9.17, 15) is 4.79 Å². The largest absolute Gasteiger partial charge is 0.490 e. The van der Waals surface area contributed by atoms with Crippen LogP contribution in [0.3, 0.4) is 0 Å². The Balaban J connectivity index is 1.68. The van der Waals surface area contributed by atoms with Crippen molar-refractivity contribution >= 4 is 57.9 Å². The van der Waals surface area contributed by atoms with E-state index in [0.717, 1.165) is 25.8 Å². The van der Waals surface area contributed by atoms with E-state index >= 15 is 0 Å². The van der Waals surface area contributed by atoms with E-state index in [1.165, 1.54) is 5.56 Å². The summed E-state index contributed by atoms with van der Waals surface area (Å²) < 4.78 is 12.7. The molecule has 3 aromatic rings. The molecule has 0 spiro atoms. The van der Waals surface area contributed by atoms with Crippen molar-refractivity contribution in [3.05, 3.63) is 90.0 Å². The number of nitrogens with one attached hydrogen (secondary N) is 1. The Morgan fingerprint density at radius 3 is 2.56 bits per heavy atom. The number of amides is 1. The zero-order valence-corrected chi connectivity index (χ0v) is 22.8. The molecule has 3 rings (SSSR count). The van der Waals surface area contributed by atoms with Crippen LogP contribution in [0.5, 0.6) is 11.5 Å². The molecule has 0 aliphatic carbocycles. The normalized spacial score (nSPS) is 11.0. The molecule has 0 saturated carbocycles. The summed E-state index contributed by atoms with van der Waals surface area (Å²) in [5.41, 5.74) is 7.49. The van der Waals surface area contributed by atoms with E-state index in [1.807, 2.05) is 57.2 Å². The van der Waals surface area contributed by atoms with Gasteiger partial charge in [-0.3, -0.25) is 4.79 Å². The van der Waals surface area contributed by atoms with E-state index in [-0.39, 0.29) is 18.9 Å². The van der Waals surface area contributed by atoms with Gasteiger partial charge in [0.2, 0.25) is 5.91 Å². The number of hydrogen-bond acceptors (Lipinski definition) is 4. The first kappa shape index (κ1) is 26.3. The van der Waals surface area contributed by atoms with Crippen molar-refractivity contribution in [3.8, 4) is 11.5 Å². The van der Waals surface area contributed by atoms with Crippen molar-refractivity contribution in [2.75, 3.05) is 6.61 Å². The molecule has 0 fully saturated rings. The number of nitrogens with zero attached hydrogens (tertiary/aromatic N) is 1. The molecule has 8 heteroatoms. The van der Waals surface area contributed by atoms with Gasteiger partial charge in [0.05, 0.1) is 22.8 Å². The molecule has 0 atom stereocenters. The molecule has 0 aliphatic heterocycles. The molecule has 0 heterocycles. The summed E-state index contributed by atoms with van der Waals surface area (Å²) in [5.74, 6) is 1.02. The highest BCUT2D eigenvalue weighted by atomic mass is 127. The summed E-state index contributed by atoms with van der Waals surface area (Å²) in [6.07, 6.45) is 1.85. The fraction of sp³-hybridized carbons (Fsp3) is 0.231. The number of carbonyl (C=O) groups excluding carboxylic acids is 1. The van der Waals surface area contributed by atoms with Crippen LogP contribution in [0.2, 0.25) is 10.0 Å². The molecule has 3 aromatic carbocycles. The lowest BCUT2D eigenvalue weighted by atomic mass is 10.0. The summed E-state index contributed by atoms with van der Waals surface area (Å²) in [5, 5.41) is 5.22. The second-order valence-electron chi connectivity index (χ2n) is 7.68. The van der Waals surface area contributed by atoms with Crippen LogP contribution in [-0.4, -0.2) is 18.7 Å². The number of aryl methyl sites for hydroxylation is 2. The minimum atomic E-state index is -0.181. The SMILES string of the molecule is CCOc1cc(/C=N\NC(=O)Cc2ccc(C)c(C)c2)cc(I)c1OCc1ccc(Cl)cc1Cl. The monoisotopic (exact) mass is 610 g/mol. The van der Waals surface area contributed by atoms with Crippen LogP contribution in [0.4, 0.5) is 0 Å². The fourth-order valence-corrected chi connectivity index (χ4v) is 4.42. The second-order valence-corrected chi connectivity index (χ2v) is 9.68. The minimum absolute atomic E-state index is 0.181. The molecule has 1 amide bonds. The predicted octanol–water partition coefficient (Wildman–Crippen LogP) is 6.89. The number of benzene rings is 3. The van der Waals surface area contributed by atoms with Gasteiger partial charge in [-0.25, -0.2) is 5.43 Å². The molecule has 0 saturated heterocycles. The second kappa shape index (κ2) is 12.4. The first-order chi connectivity index (χ1) is 16.3.